The molecule has 0 spiro atoms. The molecule has 0 radical (unpaired) electrons. The summed E-state index contributed by atoms with van der Waals surface area (Å²) in [7, 11) is 0. The highest BCUT2D eigenvalue weighted by atomic mass is 32.2. The molecule has 1 aliphatic carbocycles. The maximum Gasteiger partial charge on any atom is 0.262 e. The minimum Gasteiger partial charge on any atom is -0.355 e. The van der Waals surface area contributed by atoms with Crippen molar-refractivity contribution in [3.8, 4) is 0 Å². The number of hydrogen-bond donors (Lipinski definition) is 1. The Morgan fingerprint density at radius 2 is 2.08 bits per heavy atom. The van der Waals surface area contributed by atoms with Crippen LogP contribution in [-0.2, 0) is 4.79 Å². The fourth-order valence-electron chi connectivity index (χ4n) is 3.22. The SMILES string of the molecule is CCNC(=O)[C@@H](C)Sc1nc2ccccc2c(=O)n1C1CCCC1. The first kappa shape index (κ1) is 17.0. The molecule has 5 nitrogen and oxygen atoms in total. The number of carbonyl (C=O) groups excluding carboxylic acids is 1. The third-order valence-electron chi connectivity index (χ3n) is 4.47. The predicted molar refractivity (Wildman–Crippen MR) is 97.5 cm³/mol. The molecule has 1 N–H and O–H groups in total. The van der Waals surface area contributed by atoms with Gasteiger partial charge in [0, 0.05) is 12.6 Å². The molecule has 0 bridgehead atoms. The molecule has 1 heterocycles. The maximum atomic E-state index is 13.0. The van der Waals surface area contributed by atoms with Gasteiger partial charge in [-0.2, -0.15) is 0 Å². The van der Waals surface area contributed by atoms with E-state index in [2.05, 4.69) is 5.32 Å². The van der Waals surface area contributed by atoms with Gasteiger partial charge in [0.2, 0.25) is 5.91 Å². The van der Waals surface area contributed by atoms with Gasteiger partial charge in [0.25, 0.3) is 5.56 Å². The first-order valence-electron chi connectivity index (χ1n) is 8.57. The Morgan fingerprint density at radius 1 is 1.38 bits per heavy atom. The zero-order chi connectivity index (χ0) is 17.1. The van der Waals surface area contributed by atoms with E-state index in [0.29, 0.717) is 22.6 Å². The minimum absolute atomic E-state index is 0.0121. The molecule has 2 aromatic rings. The summed E-state index contributed by atoms with van der Waals surface area (Å²) in [4.78, 5) is 29.8. The number of fused-ring (bicyclic) bond motifs is 1. The monoisotopic (exact) mass is 345 g/mol. The van der Waals surface area contributed by atoms with Gasteiger partial charge in [0.15, 0.2) is 5.16 Å². The van der Waals surface area contributed by atoms with Crippen molar-refractivity contribution in [2.45, 2.75) is 56.0 Å². The van der Waals surface area contributed by atoms with Gasteiger partial charge in [-0.3, -0.25) is 14.2 Å². The van der Waals surface area contributed by atoms with Crippen molar-refractivity contribution < 1.29 is 4.79 Å². The van der Waals surface area contributed by atoms with Gasteiger partial charge < -0.3 is 5.32 Å². The molecule has 6 heteroatoms. The van der Waals surface area contributed by atoms with Crippen molar-refractivity contribution in [2.75, 3.05) is 6.54 Å². The van der Waals surface area contributed by atoms with Gasteiger partial charge in [-0.15, -0.1) is 0 Å². The molecular formula is C18H23N3O2S. The molecule has 24 heavy (non-hydrogen) atoms. The van der Waals surface area contributed by atoms with Crippen LogP contribution in [0.2, 0.25) is 0 Å². The zero-order valence-corrected chi connectivity index (χ0v) is 14.9. The lowest BCUT2D eigenvalue weighted by atomic mass is 10.2. The van der Waals surface area contributed by atoms with Crippen molar-refractivity contribution >= 4 is 28.6 Å². The highest BCUT2D eigenvalue weighted by molar-refractivity contribution is 8.00. The lowest BCUT2D eigenvalue weighted by molar-refractivity contribution is -0.120. The highest BCUT2D eigenvalue weighted by Crippen LogP contribution is 2.33. The molecule has 128 valence electrons. The molecule has 1 amide bonds. The zero-order valence-electron chi connectivity index (χ0n) is 14.1. The summed E-state index contributed by atoms with van der Waals surface area (Å²) in [5.74, 6) is -0.0251. The fraction of sp³-hybridized carbons (Fsp3) is 0.500. The van der Waals surface area contributed by atoms with Gasteiger partial charge in [0.1, 0.15) is 0 Å². The molecule has 1 aromatic carbocycles. The third-order valence-corrected chi connectivity index (χ3v) is 5.53. The smallest absolute Gasteiger partial charge is 0.262 e. The maximum absolute atomic E-state index is 13.0. The fourth-order valence-corrected chi connectivity index (χ4v) is 4.23. The van der Waals surface area contributed by atoms with Crippen LogP contribution >= 0.6 is 11.8 Å². The summed E-state index contributed by atoms with van der Waals surface area (Å²) in [6.45, 7) is 4.36. The first-order chi connectivity index (χ1) is 11.6. The van der Waals surface area contributed by atoms with E-state index in [1.807, 2.05) is 42.7 Å². The van der Waals surface area contributed by atoms with Crippen molar-refractivity contribution in [1.82, 2.24) is 14.9 Å². The van der Waals surface area contributed by atoms with Crippen LogP contribution in [0.15, 0.2) is 34.2 Å². The molecule has 0 saturated heterocycles. The van der Waals surface area contributed by atoms with Crippen LogP contribution in [0.25, 0.3) is 10.9 Å². The van der Waals surface area contributed by atoms with Crippen LogP contribution in [0, 0.1) is 0 Å². The van der Waals surface area contributed by atoms with Crippen LogP contribution < -0.4 is 10.9 Å². The van der Waals surface area contributed by atoms with Crippen LogP contribution in [0.1, 0.15) is 45.6 Å². The Labute approximate surface area is 145 Å². The average Bonchev–Trinajstić information content (AvgIpc) is 3.09. The summed E-state index contributed by atoms with van der Waals surface area (Å²) >= 11 is 1.37. The van der Waals surface area contributed by atoms with E-state index in [1.165, 1.54) is 11.8 Å². The Balaban J connectivity index is 2.05. The molecule has 1 saturated carbocycles. The molecule has 3 rings (SSSR count). The van der Waals surface area contributed by atoms with E-state index in [-0.39, 0.29) is 22.8 Å². The Bertz CT molecular complexity index is 796. The standard InChI is InChI=1S/C18H23N3O2S/c1-3-19-16(22)12(2)24-18-20-15-11-7-6-10-14(15)17(23)21(18)13-8-4-5-9-13/h6-7,10-13H,3-5,8-9H2,1-2H3,(H,19,22)/t12-/m1/s1. The number of aromatic nitrogens is 2. The number of thioether (sulfide) groups is 1. The van der Waals surface area contributed by atoms with Crippen LogP contribution in [0.3, 0.4) is 0 Å². The molecule has 1 aromatic heterocycles. The normalized spacial score (nSPS) is 16.4. The average molecular weight is 345 g/mol. The first-order valence-corrected chi connectivity index (χ1v) is 9.45. The van der Waals surface area contributed by atoms with Gasteiger partial charge in [-0.1, -0.05) is 36.7 Å². The molecule has 1 fully saturated rings. The van der Waals surface area contributed by atoms with E-state index in [4.69, 9.17) is 4.98 Å². The Morgan fingerprint density at radius 3 is 2.79 bits per heavy atom. The van der Waals surface area contributed by atoms with Crippen molar-refractivity contribution in [3.05, 3.63) is 34.6 Å². The van der Waals surface area contributed by atoms with Gasteiger partial charge in [0.05, 0.1) is 16.2 Å². The lowest BCUT2D eigenvalue weighted by Gasteiger charge is -2.20. The van der Waals surface area contributed by atoms with Crippen molar-refractivity contribution in [2.24, 2.45) is 0 Å². The summed E-state index contributed by atoms with van der Waals surface area (Å²) in [5.41, 5.74) is 0.709. The summed E-state index contributed by atoms with van der Waals surface area (Å²) in [5, 5.41) is 3.85. The van der Waals surface area contributed by atoms with E-state index in [1.54, 1.807) is 0 Å². The number of benzene rings is 1. The quantitative estimate of drug-likeness (QED) is 0.668. The summed E-state index contributed by atoms with van der Waals surface area (Å²) in [6, 6.07) is 7.64. The number of hydrogen-bond acceptors (Lipinski definition) is 4. The van der Waals surface area contributed by atoms with Gasteiger partial charge in [-0.25, -0.2) is 4.98 Å². The van der Waals surface area contributed by atoms with Gasteiger partial charge >= 0.3 is 0 Å². The number of amides is 1. The largest absolute Gasteiger partial charge is 0.355 e. The molecule has 1 atom stereocenters. The second-order valence-corrected chi connectivity index (χ2v) is 7.49. The number of para-hydroxylation sites is 1. The summed E-state index contributed by atoms with van der Waals surface area (Å²) in [6.07, 6.45) is 4.28. The van der Waals surface area contributed by atoms with E-state index in [0.717, 1.165) is 25.7 Å². The summed E-state index contributed by atoms with van der Waals surface area (Å²) < 4.78 is 1.83. The van der Waals surface area contributed by atoms with E-state index < -0.39 is 0 Å². The predicted octanol–water partition coefficient (Wildman–Crippen LogP) is 3.13. The topological polar surface area (TPSA) is 64.0 Å². The van der Waals surface area contributed by atoms with Crippen LogP contribution in [-0.4, -0.2) is 27.3 Å². The minimum atomic E-state index is -0.286. The Hall–Kier alpha value is -1.82. The molecule has 0 aliphatic heterocycles. The highest BCUT2D eigenvalue weighted by Gasteiger charge is 2.25. The van der Waals surface area contributed by atoms with E-state index >= 15 is 0 Å². The molecule has 1 aliphatic rings. The van der Waals surface area contributed by atoms with Crippen LogP contribution in [0.5, 0.6) is 0 Å². The van der Waals surface area contributed by atoms with Gasteiger partial charge in [-0.05, 0) is 38.8 Å². The number of nitrogens with zero attached hydrogens (tertiary/aromatic N) is 2. The van der Waals surface area contributed by atoms with Crippen molar-refractivity contribution in [1.29, 1.82) is 0 Å². The van der Waals surface area contributed by atoms with Crippen molar-refractivity contribution in [3.63, 3.8) is 0 Å². The number of carbonyl (C=O) groups is 1. The third kappa shape index (κ3) is 3.34. The lowest BCUT2D eigenvalue weighted by Crippen LogP contribution is -2.32. The molecular weight excluding hydrogens is 322 g/mol. The van der Waals surface area contributed by atoms with E-state index in [9.17, 15) is 9.59 Å². The second kappa shape index (κ2) is 7.38. The van der Waals surface area contributed by atoms with Crippen LogP contribution in [0.4, 0.5) is 0 Å². The second-order valence-electron chi connectivity index (χ2n) is 6.18. The number of nitrogens with one attached hydrogen (secondary N) is 1. The molecule has 0 unspecified atom stereocenters. The Kier molecular flexibility index (Phi) is 5.23. The number of rotatable bonds is 5.